The molecule has 3 aliphatic heterocycles. The quantitative estimate of drug-likeness (QED) is 0.857. The number of hydrogen-bond acceptors (Lipinski definition) is 3. The highest BCUT2D eigenvalue weighted by Crippen LogP contribution is 2.57. The number of nitrogens with zero attached hydrogens (tertiary/aromatic N) is 1. The number of fused-ring (bicyclic) bond motifs is 1. The molecule has 0 saturated carbocycles. The van der Waals surface area contributed by atoms with Gasteiger partial charge in [-0.05, 0) is 31.9 Å². The van der Waals surface area contributed by atoms with Gasteiger partial charge in [0.15, 0.2) is 0 Å². The molecule has 130 valence electrons. The van der Waals surface area contributed by atoms with Crippen molar-refractivity contribution in [3.05, 3.63) is 54.1 Å². The lowest BCUT2D eigenvalue weighted by Crippen LogP contribution is -2.45. The molecule has 5 nitrogen and oxygen atoms in total. The van der Waals surface area contributed by atoms with Crippen LogP contribution in [0.25, 0.3) is 0 Å². The zero-order valence-electron chi connectivity index (χ0n) is 14.3. The van der Waals surface area contributed by atoms with Crippen molar-refractivity contribution in [3.63, 3.8) is 0 Å². The average molecular weight is 339 g/mol. The zero-order chi connectivity index (χ0) is 17.9. The predicted octanol–water partition coefficient (Wildman–Crippen LogP) is 2.70. The minimum Gasteiger partial charge on any atom is -0.481 e. The molecule has 0 aliphatic carbocycles. The van der Waals surface area contributed by atoms with Gasteiger partial charge in [-0.2, -0.15) is 0 Å². The fraction of sp³-hybridized carbons (Fsp3) is 0.400. The summed E-state index contributed by atoms with van der Waals surface area (Å²) in [6.07, 6.45) is 3.75. The lowest BCUT2D eigenvalue weighted by Gasteiger charge is -2.34. The second kappa shape index (κ2) is 5.30. The molecule has 2 fully saturated rings. The molecule has 4 rings (SSSR count). The summed E-state index contributed by atoms with van der Waals surface area (Å²) < 4.78 is 6.14. The van der Waals surface area contributed by atoms with Crippen molar-refractivity contribution >= 4 is 17.6 Å². The second-order valence-corrected chi connectivity index (χ2v) is 7.31. The first-order valence-electron chi connectivity index (χ1n) is 8.50. The van der Waals surface area contributed by atoms with Gasteiger partial charge in [0, 0.05) is 5.69 Å². The number of ether oxygens (including phenoxy) is 1. The van der Waals surface area contributed by atoms with Gasteiger partial charge in [0.1, 0.15) is 11.5 Å². The van der Waals surface area contributed by atoms with Crippen LogP contribution in [0.5, 0.6) is 0 Å². The van der Waals surface area contributed by atoms with E-state index >= 15 is 0 Å². The van der Waals surface area contributed by atoms with Crippen molar-refractivity contribution in [2.75, 3.05) is 4.90 Å². The molecule has 25 heavy (non-hydrogen) atoms. The largest absolute Gasteiger partial charge is 0.481 e. The van der Waals surface area contributed by atoms with Gasteiger partial charge in [0.25, 0.3) is 0 Å². The van der Waals surface area contributed by atoms with Crippen molar-refractivity contribution < 1.29 is 19.4 Å². The van der Waals surface area contributed by atoms with Crippen LogP contribution in [0.2, 0.25) is 0 Å². The van der Waals surface area contributed by atoms with Crippen LogP contribution in [0.15, 0.2) is 48.6 Å². The Bertz CT molecular complexity index is 814. The zero-order valence-corrected chi connectivity index (χ0v) is 14.3. The van der Waals surface area contributed by atoms with Crippen molar-refractivity contribution in [1.82, 2.24) is 0 Å². The van der Waals surface area contributed by atoms with Gasteiger partial charge in [-0.15, -0.1) is 6.58 Å². The van der Waals surface area contributed by atoms with Crippen LogP contribution in [0.1, 0.15) is 18.9 Å². The van der Waals surface area contributed by atoms with Gasteiger partial charge < -0.3 is 14.7 Å². The summed E-state index contributed by atoms with van der Waals surface area (Å²) in [5.74, 6) is -2.67. The first-order valence-corrected chi connectivity index (χ1v) is 8.50. The molecular weight excluding hydrogens is 318 g/mol. The standard InChI is InChI=1S/C20H21NO4/c1-11(2)10-15-20-9-8-14(25-20)16(19(23)24)17(20)18(22)21(15)13-7-5-4-6-12(13)3/h4-9,14-17H,1,10H2,2-3H3,(H,23,24)/t14-,15-,16-,17-,20+/m0/s1. The highest BCUT2D eigenvalue weighted by molar-refractivity contribution is 6.03. The van der Waals surface area contributed by atoms with Gasteiger partial charge in [-0.3, -0.25) is 9.59 Å². The van der Waals surface area contributed by atoms with Crippen LogP contribution in [0.3, 0.4) is 0 Å². The summed E-state index contributed by atoms with van der Waals surface area (Å²) in [7, 11) is 0. The smallest absolute Gasteiger partial charge is 0.310 e. The minimum absolute atomic E-state index is 0.167. The fourth-order valence-corrected chi connectivity index (χ4v) is 4.63. The number of carbonyl (C=O) groups is 2. The number of aryl methyl sites for hydroxylation is 1. The topological polar surface area (TPSA) is 66.8 Å². The number of carboxylic acids is 1. The SMILES string of the molecule is C=C(C)C[C@@H]1N(c2ccccc2C)C(=O)[C@@H]2[C@@H](C(=O)O)[C@@H]3C=C[C@]21O3. The molecule has 0 aromatic heterocycles. The number of carbonyl (C=O) groups excluding carboxylic acids is 1. The predicted molar refractivity (Wildman–Crippen MR) is 93.2 cm³/mol. The number of amides is 1. The number of para-hydroxylation sites is 1. The molecule has 0 unspecified atom stereocenters. The van der Waals surface area contributed by atoms with E-state index in [4.69, 9.17) is 4.74 Å². The lowest BCUT2D eigenvalue weighted by molar-refractivity contribution is -0.146. The molecular formula is C20H21NO4. The Morgan fingerprint density at radius 3 is 2.76 bits per heavy atom. The van der Waals surface area contributed by atoms with Gasteiger partial charge in [0.2, 0.25) is 5.91 Å². The summed E-state index contributed by atoms with van der Waals surface area (Å²) in [4.78, 5) is 26.9. The number of carboxylic acid groups (broad SMARTS) is 1. The fourth-order valence-electron chi connectivity index (χ4n) is 4.63. The Hall–Kier alpha value is -2.40. The Kier molecular flexibility index (Phi) is 3.41. The van der Waals surface area contributed by atoms with E-state index in [1.54, 1.807) is 11.0 Å². The van der Waals surface area contributed by atoms with Gasteiger partial charge in [-0.1, -0.05) is 35.9 Å². The minimum atomic E-state index is -0.977. The van der Waals surface area contributed by atoms with Crippen LogP contribution in [-0.2, 0) is 14.3 Å². The number of hydrogen-bond donors (Lipinski definition) is 1. The molecule has 1 amide bonds. The van der Waals surface area contributed by atoms with E-state index in [0.29, 0.717) is 6.42 Å². The highest BCUT2D eigenvalue weighted by atomic mass is 16.5. The van der Waals surface area contributed by atoms with Gasteiger partial charge >= 0.3 is 5.97 Å². The maximum atomic E-state index is 13.4. The van der Waals surface area contributed by atoms with E-state index in [1.165, 1.54) is 0 Å². The molecule has 5 heteroatoms. The highest BCUT2D eigenvalue weighted by Gasteiger charge is 2.71. The molecule has 2 saturated heterocycles. The normalized spacial score (nSPS) is 35.3. The molecule has 5 atom stereocenters. The number of anilines is 1. The third kappa shape index (κ3) is 2.05. The maximum Gasteiger partial charge on any atom is 0.310 e. The molecule has 1 aromatic carbocycles. The first kappa shape index (κ1) is 16.1. The summed E-state index contributed by atoms with van der Waals surface area (Å²) >= 11 is 0. The molecule has 1 aromatic rings. The molecule has 1 N–H and O–H groups in total. The van der Waals surface area contributed by atoms with Crippen molar-refractivity contribution in [2.24, 2.45) is 11.8 Å². The molecule has 2 bridgehead atoms. The third-order valence-corrected chi connectivity index (χ3v) is 5.62. The summed E-state index contributed by atoms with van der Waals surface area (Å²) in [6, 6.07) is 7.39. The monoisotopic (exact) mass is 339 g/mol. The van der Waals surface area contributed by atoms with Crippen LogP contribution in [-0.4, -0.2) is 34.7 Å². The van der Waals surface area contributed by atoms with Crippen LogP contribution in [0, 0.1) is 18.8 Å². The second-order valence-electron chi connectivity index (χ2n) is 7.31. The van der Waals surface area contributed by atoms with Crippen molar-refractivity contribution in [3.8, 4) is 0 Å². The van der Waals surface area contributed by atoms with Crippen LogP contribution in [0.4, 0.5) is 5.69 Å². The Morgan fingerprint density at radius 2 is 2.12 bits per heavy atom. The summed E-state index contributed by atoms with van der Waals surface area (Å²) in [5, 5.41) is 9.67. The van der Waals surface area contributed by atoms with Crippen LogP contribution < -0.4 is 4.90 Å². The molecule has 3 heterocycles. The number of benzene rings is 1. The maximum absolute atomic E-state index is 13.4. The van der Waals surface area contributed by atoms with E-state index in [0.717, 1.165) is 16.8 Å². The van der Waals surface area contributed by atoms with Crippen molar-refractivity contribution in [2.45, 2.75) is 38.0 Å². The Balaban J connectivity index is 1.87. The van der Waals surface area contributed by atoms with Gasteiger partial charge in [0.05, 0.1) is 18.1 Å². The van der Waals surface area contributed by atoms with E-state index < -0.39 is 29.5 Å². The Morgan fingerprint density at radius 1 is 1.40 bits per heavy atom. The molecule has 3 aliphatic rings. The lowest BCUT2D eigenvalue weighted by atomic mass is 9.74. The van der Waals surface area contributed by atoms with Crippen LogP contribution >= 0.6 is 0 Å². The number of rotatable bonds is 4. The van der Waals surface area contributed by atoms with Crippen molar-refractivity contribution in [1.29, 1.82) is 0 Å². The Labute approximate surface area is 146 Å². The average Bonchev–Trinajstić information content (AvgIpc) is 3.18. The molecule has 1 spiro atoms. The van der Waals surface area contributed by atoms with Gasteiger partial charge in [-0.25, -0.2) is 0 Å². The van der Waals surface area contributed by atoms with E-state index in [1.807, 2.05) is 44.2 Å². The first-order chi connectivity index (χ1) is 11.9. The molecule has 0 radical (unpaired) electrons. The van der Waals surface area contributed by atoms with E-state index in [-0.39, 0.29) is 11.9 Å². The third-order valence-electron chi connectivity index (χ3n) is 5.62. The summed E-state index contributed by atoms with van der Waals surface area (Å²) in [5.41, 5.74) is 1.84. The number of aliphatic carboxylic acids is 1. The summed E-state index contributed by atoms with van der Waals surface area (Å²) in [6.45, 7) is 7.88. The van der Waals surface area contributed by atoms with E-state index in [2.05, 4.69) is 6.58 Å². The van der Waals surface area contributed by atoms with E-state index in [9.17, 15) is 14.7 Å².